The lowest BCUT2D eigenvalue weighted by molar-refractivity contribution is -0.387. The SMILES string of the molecule is O=C(c1ccc(S(=O)(=O)c2ccc(Br)cc2)c([N+](=O)[O-])c1)N1CCN(c2ccc(F)cc2)CC1. The van der Waals surface area contributed by atoms with Crippen molar-refractivity contribution in [3.63, 3.8) is 0 Å². The number of nitro benzene ring substituents is 1. The Balaban J connectivity index is 1.55. The first-order chi connectivity index (χ1) is 16.2. The van der Waals surface area contributed by atoms with E-state index in [1.165, 1.54) is 42.5 Å². The van der Waals surface area contributed by atoms with Gasteiger partial charge in [-0.3, -0.25) is 14.9 Å². The molecule has 1 aliphatic heterocycles. The molecule has 3 aromatic carbocycles. The van der Waals surface area contributed by atoms with Crippen LogP contribution in [0.5, 0.6) is 0 Å². The van der Waals surface area contributed by atoms with Gasteiger partial charge in [-0.2, -0.15) is 0 Å². The Morgan fingerprint density at radius 1 is 0.941 bits per heavy atom. The number of hydrogen-bond acceptors (Lipinski definition) is 6. The van der Waals surface area contributed by atoms with Crippen molar-refractivity contribution in [2.45, 2.75) is 9.79 Å². The first-order valence-corrected chi connectivity index (χ1v) is 12.5. The molecule has 0 saturated carbocycles. The number of halogens is 2. The summed E-state index contributed by atoms with van der Waals surface area (Å²) in [6.07, 6.45) is 0. The van der Waals surface area contributed by atoms with Gasteiger partial charge in [0.15, 0.2) is 0 Å². The largest absolute Gasteiger partial charge is 0.368 e. The number of anilines is 1. The lowest BCUT2D eigenvalue weighted by atomic mass is 10.1. The van der Waals surface area contributed by atoms with Crippen molar-refractivity contribution in [1.29, 1.82) is 0 Å². The number of carbonyl (C=O) groups is 1. The lowest BCUT2D eigenvalue weighted by Gasteiger charge is -2.36. The molecule has 11 heteroatoms. The average Bonchev–Trinajstić information content (AvgIpc) is 2.84. The molecule has 0 bridgehead atoms. The molecule has 1 saturated heterocycles. The molecule has 34 heavy (non-hydrogen) atoms. The Bertz CT molecular complexity index is 1340. The topological polar surface area (TPSA) is 101 Å². The Morgan fingerprint density at radius 3 is 2.15 bits per heavy atom. The van der Waals surface area contributed by atoms with Crippen LogP contribution >= 0.6 is 15.9 Å². The van der Waals surface area contributed by atoms with E-state index in [1.54, 1.807) is 17.0 Å². The number of hydrogen-bond donors (Lipinski definition) is 0. The van der Waals surface area contributed by atoms with Gasteiger partial charge in [0, 0.05) is 48.0 Å². The van der Waals surface area contributed by atoms with E-state index < -0.39 is 31.3 Å². The molecule has 8 nitrogen and oxygen atoms in total. The van der Waals surface area contributed by atoms with Gasteiger partial charge in [-0.05, 0) is 60.7 Å². The zero-order valence-corrected chi connectivity index (χ0v) is 20.1. The summed E-state index contributed by atoms with van der Waals surface area (Å²) in [5.41, 5.74) is 0.224. The van der Waals surface area contributed by atoms with Crippen LogP contribution in [0.3, 0.4) is 0 Å². The van der Waals surface area contributed by atoms with Gasteiger partial charge in [-0.1, -0.05) is 15.9 Å². The molecule has 0 aromatic heterocycles. The monoisotopic (exact) mass is 547 g/mol. The molecule has 3 aromatic rings. The van der Waals surface area contributed by atoms with Gasteiger partial charge in [-0.25, -0.2) is 12.8 Å². The second-order valence-electron chi connectivity index (χ2n) is 7.65. The molecule has 176 valence electrons. The molecule has 4 rings (SSSR count). The molecule has 0 aliphatic carbocycles. The number of amides is 1. The highest BCUT2D eigenvalue weighted by atomic mass is 79.9. The Morgan fingerprint density at radius 2 is 1.56 bits per heavy atom. The molecule has 1 heterocycles. The van der Waals surface area contributed by atoms with E-state index in [2.05, 4.69) is 15.9 Å². The van der Waals surface area contributed by atoms with Crippen LogP contribution in [0.15, 0.2) is 81.0 Å². The zero-order chi connectivity index (χ0) is 24.5. The van der Waals surface area contributed by atoms with Crippen molar-refractivity contribution in [3.05, 3.63) is 92.7 Å². The highest BCUT2D eigenvalue weighted by molar-refractivity contribution is 9.10. The van der Waals surface area contributed by atoms with Crippen molar-refractivity contribution in [3.8, 4) is 0 Å². The molecule has 1 fully saturated rings. The van der Waals surface area contributed by atoms with Crippen LogP contribution in [0, 0.1) is 15.9 Å². The van der Waals surface area contributed by atoms with Crippen LogP contribution in [0.2, 0.25) is 0 Å². The fourth-order valence-electron chi connectivity index (χ4n) is 3.76. The van der Waals surface area contributed by atoms with E-state index in [1.807, 2.05) is 4.90 Å². The Hall–Kier alpha value is -3.31. The van der Waals surface area contributed by atoms with Gasteiger partial charge in [0.2, 0.25) is 9.84 Å². The molecule has 0 N–H and O–H groups in total. The predicted molar refractivity (Wildman–Crippen MR) is 127 cm³/mol. The van der Waals surface area contributed by atoms with Crippen molar-refractivity contribution < 1.29 is 22.5 Å². The summed E-state index contributed by atoms with van der Waals surface area (Å²) in [6.45, 7) is 1.75. The highest BCUT2D eigenvalue weighted by Gasteiger charge is 2.30. The minimum atomic E-state index is -4.16. The minimum Gasteiger partial charge on any atom is -0.368 e. The molecule has 1 amide bonds. The van der Waals surface area contributed by atoms with E-state index in [-0.39, 0.29) is 16.3 Å². The van der Waals surface area contributed by atoms with Crippen LogP contribution in [0.1, 0.15) is 10.4 Å². The smallest absolute Gasteiger partial charge is 0.289 e. The van der Waals surface area contributed by atoms with Gasteiger partial charge in [0.05, 0.1) is 9.82 Å². The number of carbonyl (C=O) groups excluding carboxylic acids is 1. The first-order valence-electron chi connectivity index (χ1n) is 10.3. The highest BCUT2D eigenvalue weighted by Crippen LogP contribution is 2.31. The second kappa shape index (κ2) is 9.51. The molecule has 1 aliphatic rings. The summed E-state index contributed by atoms with van der Waals surface area (Å²) in [5, 5.41) is 11.7. The van der Waals surface area contributed by atoms with Gasteiger partial charge in [-0.15, -0.1) is 0 Å². The maximum atomic E-state index is 13.2. The first kappa shape index (κ1) is 23.8. The number of rotatable bonds is 5. The Kier molecular flexibility index (Phi) is 6.67. The summed E-state index contributed by atoms with van der Waals surface area (Å²) in [5.74, 6) is -0.751. The third-order valence-electron chi connectivity index (χ3n) is 5.57. The maximum Gasteiger partial charge on any atom is 0.289 e. The van der Waals surface area contributed by atoms with Crippen LogP contribution in [0.4, 0.5) is 15.8 Å². The van der Waals surface area contributed by atoms with E-state index in [9.17, 15) is 27.7 Å². The zero-order valence-electron chi connectivity index (χ0n) is 17.7. The third kappa shape index (κ3) is 4.80. The predicted octanol–water partition coefficient (Wildman–Crippen LogP) is 4.29. The summed E-state index contributed by atoms with van der Waals surface area (Å²) >= 11 is 3.23. The summed E-state index contributed by atoms with van der Waals surface area (Å²) in [6, 6.07) is 15.3. The second-order valence-corrected chi connectivity index (χ2v) is 10.5. The fourth-order valence-corrected chi connectivity index (χ4v) is 5.43. The van der Waals surface area contributed by atoms with Crippen molar-refractivity contribution >= 4 is 43.0 Å². The number of sulfone groups is 1. The minimum absolute atomic E-state index is 0.0386. The third-order valence-corrected chi connectivity index (χ3v) is 7.92. The van der Waals surface area contributed by atoms with E-state index >= 15 is 0 Å². The van der Waals surface area contributed by atoms with E-state index in [4.69, 9.17) is 0 Å². The van der Waals surface area contributed by atoms with Gasteiger partial charge in [0.25, 0.3) is 11.6 Å². The van der Waals surface area contributed by atoms with Gasteiger partial charge < -0.3 is 9.80 Å². The fraction of sp³-hybridized carbons (Fsp3) is 0.174. The molecular weight excluding hydrogens is 529 g/mol. The molecule has 0 spiro atoms. The van der Waals surface area contributed by atoms with Gasteiger partial charge >= 0.3 is 0 Å². The van der Waals surface area contributed by atoms with E-state index in [0.717, 1.165) is 17.8 Å². The van der Waals surface area contributed by atoms with Crippen molar-refractivity contribution in [2.24, 2.45) is 0 Å². The van der Waals surface area contributed by atoms with Gasteiger partial charge in [0.1, 0.15) is 10.7 Å². The number of nitro groups is 1. The van der Waals surface area contributed by atoms with E-state index in [0.29, 0.717) is 30.7 Å². The van der Waals surface area contributed by atoms with Crippen LogP contribution in [-0.2, 0) is 9.84 Å². The summed E-state index contributed by atoms with van der Waals surface area (Å²) in [4.78, 5) is 26.9. The molecule has 0 radical (unpaired) electrons. The summed E-state index contributed by atoms with van der Waals surface area (Å²) < 4.78 is 39.8. The van der Waals surface area contributed by atoms with Crippen LogP contribution in [0.25, 0.3) is 0 Å². The Labute approximate surface area is 203 Å². The normalized spacial score (nSPS) is 14.2. The lowest BCUT2D eigenvalue weighted by Crippen LogP contribution is -2.48. The average molecular weight is 548 g/mol. The molecule has 0 atom stereocenters. The van der Waals surface area contributed by atoms with Crippen LogP contribution in [-0.4, -0.2) is 50.3 Å². The quantitative estimate of drug-likeness (QED) is 0.349. The van der Waals surface area contributed by atoms with Crippen molar-refractivity contribution in [2.75, 3.05) is 31.1 Å². The molecular formula is C23H19BrFN3O5S. The van der Waals surface area contributed by atoms with Crippen molar-refractivity contribution in [1.82, 2.24) is 4.90 Å². The maximum absolute atomic E-state index is 13.2. The summed E-state index contributed by atoms with van der Waals surface area (Å²) in [7, 11) is -4.16. The number of piperazine rings is 1. The standard InChI is InChI=1S/C23H19BrFN3O5S/c24-17-2-8-20(9-3-17)34(32,33)22-10-1-16(15-21(22)28(30)31)23(29)27-13-11-26(12-14-27)19-6-4-18(25)5-7-19/h1-10,15H,11-14H2. The number of nitrogens with zero attached hydrogens (tertiary/aromatic N) is 3. The number of benzene rings is 3. The molecule has 0 unspecified atom stereocenters. The van der Waals surface area contributed by atoms with Crippen LogP contribution < -0.4 is 4.90 Å².